The third kappa shape index (κ3) is 6.52. The average Bonchev–Trinajstić information content (AvgIpc) is 2.76. The van der Waals surface area contributed by atoms with Crippen LogP contribution in [-0.4, -0.2) is 6.04 Å². The highest BCUT2D eigenvalue weighted by Gasteiger charge is 2.17. The Labute approximate surface area is 102 Å². The molecule has 0 bridgehead atoms. The van der Waals surface area contributed by atoms with Gasteiger partial charge in [-0.05, 0) is 18.8 Å². The summed E-state index contributed by atoms with van der Waals surface area (Å²) in [5.74, 6) is 0.968. The lowest BCUT2D eigenvalue weighted by Gasteiger charge is -2.15. The van der Waals surface area contributed by atoms with Gasteiger partial charge in [-0.3, -0.25) is 0 Å². The maximum atomic E-state index is 6.19. The van der Waals surface area contributed by atoms with Crippen molar-refractivity contribution in [1.82, 2.24) is 0 Å². The van der Waals surface area contributed by atoms with Crippen molar-refractivity contribution in [2.45, 2.75) is 90.0 Å². The Morgan fingerprint density at radius 2 is 1.62 bits per heavy atom. The Morgan fingerprint density at radius 1 is 1.00 bits per heavy atom. The standard InChI is InChI=1S/C15H31N/c1-2-3-4-5-6-7-12-15(16)13-14-10-8-9-11-14/h14-15H,2-13,16H2,1H3. The smallest absolute Gasteiger partial charge is 0.00414 e. The normalized spacial score (nSPS) is 19.1. The molecule has 1 aliphatic rings. The molecule has 0 amide bonds. The zero-order valence-corrected chi connectivity index (χ0v) is 11.2. The van der Waals surface area contributed by atoms with Gasteiger partial charge in [-0.1, -0.05) is 71.1 Å². The molecule has 96 valence electrons. The lowest BCUT2D eigenvalue weighted by atomic mass is 9.95. The summed E-state index contributed by atoms with van der Waals surface area (Å²) in [6.45, 7) is 2.28. The van der Waals surface area contributed by atoms with Crippen molar-refractivity contribution < 1.29 is 0 Å². The number of hydrogen-bond acceptors (Lipinski definition) is 1. The van der Waals surface area contributed by atoms with Crippen molar-refractivity contribution >= 4 is 0 Å². The number of hydrogen-bond donors (Lipinski definition) is 1. The summed E-state index contributed by atoms with van der Waals surface area (Å²) >= 11 is 0. The van der Waals surface area contributed by atoms with Crippen LogP contribution in [0.25, 0.3) is 0 Å². The van der Waals surface area contributed by atoms with E-state index in [0.717, 1.165) is 5.92 Å². The molecule has 1 aliphatic carbocycles. The van der Waals surface area contributed by atoms with E-state index in [4.69, 9.17) is 5.73 Å². The molecule has 2 N–H and O–H groups in total. The third-order valence-electron chi connectivity index (χ3n) is 4.04. The van der Waals surface area contributed by atoms with E-state index < -0.39 is 0 Å². The van der Waals surface area contributed by atoms with Crippen molar-refractivity contribution in [2.24, 2.45) is 11.7 Å². The van der Waals surface area contributed by atoms with Gasteiger partial charge in [0.1, 0.15) is 0 Å². The minimum Gasteiger partial charge on any atom is -0.328 e. The van der Waals surface area contributed by atoms with Crippen molar-refractivity contribution in [3.8, 4) is 0 Å². The maximum Gasteiger partial charge on any atom is 0.00414 e. The first-order valence-electron chi connectivity index (χ1n) is 7.58. The van der Waals surface area contributed by atoms with E-state index >= 15 is 0 Å². The Bertz CT molecular complexity index is 150. The highest BCUT2D eigenvalue weighted by Crippen LogP contribution is 2.29. The lowest BCUT2D eigenvalue weighted by Crippen LogP contribution is -2.22. The third-order valence-corrected chi connectivity index (χ3v) is 4.04. The minimum atomic E-state index is 0.495. The molecule has 0 aromatic rings. The van der Waals surface area contributed by atoms with E-state index in [-0.39, 0.29) is 0 Å². The van der Waals surface area contributed by atoms with Crippen LogP contribution in [0.15, 0.2) is 0 Å². The summed E-state index contributed by atoms with van der Waals surface area (Å²) in [6, 6.07) is 0.495. The molecule has 0 aromatic carbocycles. The van der Waals surface area contributed by atoms with Crippen LogP contribution in [0.5, 0.6) is 0 Å². The zero-order valence-electron chi connectivity index (χ0n) is 11.2. The Balaban J connectivity index is 1.87. The largest absolute Gasteiger partial charge is 0.328 e. The van der Waals surface area contributed by atoms with Gasteiger partial charge >= 0.3 is 0 Å². The summed E-state index contributed by atoms with van der Waals surface area (Å²) in [7, 11) is 0. The molecule has 1 atom stereocenters. The first-order valence-corrected chi connectivity index (χ1v) is 7.58. The first-order chi connectivity index (χ1) is 7.83. The average molecular weight is 225 g/mol. The molecule has 1 heteroatoms. The number of nitrogens with two attached hydrogens (primary N) is 1. The van der Waals surface area contributed by atoms with Crippen LogP contribution in [-0.2, 0) is 0 Å². The Kier molecular flexibility index (Phi) is 7.92. The van der Waals surface area contributed by atoms with Crippen LogP contribution < -0.4 is 5.73 Å². The topological polar surface area (TPSA) is 26.0 Å². The highest BCUT2D eigenvalue weighted by atomic mass is 14.6. The maximum absolute atomic E-state index is 6.19. The molecule has 0 heterocycles. The van der Waals surface area contributed by atoms with Crippen molar-refractivity contribution in [1.29, 1.82) is 0 Å². The van der Waals surface area contributed by atoms with Crippen molar-refractivity contribution in [3.63, 3.8) is 0 Å². The molecule has 1 saturated carbocycles. The quantitative estimate of drug-likeness (QED) is 0.568. The monoisotopic (exact) mass is 225 g/mol. The van der Waals surface area contributed by atoms with Crippen LogP contribution in [0.4, 0.5) is 0 Å². The molecule has 1 rings (SSSR count). The highest BCUT2D eigenvalue weighted by molar-refractivity contribution is 4.73. The van der Waals surface area contributed by atoms with E-state index in [1.807, 2.05) is 0 Å². The SMILES string of the molecule is CCCCCCCCC(N)CC1CCCC1. The second kappa shape index (κ2) is 9.04. The van der Waals surface area contributed by atoms with Gasteiger partial charge in [-0.25, -0.2) is 0 Å². The zero-order chi connectivity index (χ0) is 11.6. The summed E-state index contributed by atoms with van der Waals surface area (Å²) in [5.41, 5.74) is 6.19. The summed E-state index contributed by atoms with van der Waals surface area (Å²) < 4.78 is 0. The molecular weight excluding hydrogens is 194 g/mol. The van der Waals surface area contributed by atoms with E-state index in [1.165, 1.54) is 77.0 Å². The van der Waals surface area contributed by atoms with Gasteiger partial charge in [0.2, 0.25) is 0 Å². The molecule has 0 spiro atoms. The second-order valence-electron chi connectivity index (χ2n) is 5.70. The second-order valence-corrected chi connectivity index (χ2v) is 5.70. The van der Waals surface area contributed by atoms with E-state index in [1.54, 1.807) is 0 Å². The van der Waals surface area contributed by atoms with Crippen molar-refractivity contribution in [2.75, 3.05) is 0 Å². The molecule has 0 radical (unpaired) electrons. The molecule has 1 fully saturated rings. The molecule has 0 aliphatic heterocycles. The Hall–Kier alpha value is -0.0400. The minimum absolute atomic E-state index is 0.495. The number of rotatable bonds is 9. The van der Waals surface area contributed by atoms with Crippen LogP contribution in [0.3, 0.4) is 0 Å². The van der Waals surface area contributed by atoms with E-state index in [0.29, 0.717) is 6.04 Å². The van der Waals surface area contributed by atoms with Gasteiger partial charge < -0.3 is 5.73 Å². The van der Waals surface area contributed by atoms with Gasteiger partial charge in [-0.2, -0.15) is 0 Å². The van der Waals surface area contributed by atoms with Gasteiger partial charge in [0.05, 0.1) is 0 Å². The van der Waals surface area contributed by atoms with Gasteiger partial charge in [-0.15, -0.1) is 0 Å². The fourth-order valence-corrected chi connectivity index (χ4v) is 2.98. The molecule has 0 saturated heterocycles. The van der Waals surface area contributed by atoms with Gasteiger partial charge in [0.15, 0.2) is 0 Å². The van der Waals surface area contributed by atoms with Gasteiger partial charge in [0, 0.05) is 6.04 Å². The summed E-state index contributed by atoms with van der Waals surface area (Å²) in [5, 5.41) is 0. The van der Waals surface area contributed by atoms with E-state index in [9.17, 15) is 0 Å². The fraction of sp³-hybridized carbons (Fsp3) is 1.00. The Morgan fingerprint density at radius 3 is 2.31 bits per heavy atom. The molecule has 16 heavy (non-hydrogen) atoms. The van der Waals surface area contributed by atoms with Crippen molar-refractivity contribution in [3.05, 3.63) is 0 Å². The molecule has 1 unspecified atom stereocenters. The lowest BCUT2D eigenvalue weighted by molar-refractivity contribution is 0.414. The predicted molar refractivity (Wildman–Crippen MR) is 72.5 cm³/mol. The molecular formula is C15H31N. The predicted octanol–water partition coefficient (Wildman–Crippen LogP) is 4.64. The van der Waals surface area contributed by atoms with Gasteiger partial charge in [0.25, 0.3) is 0 Å². The van der Waals surface area contributed by atoms with Crippen LogP contribution in [0, 0.1) is 5.92 Å². The summed E-state index contributed by atoms with van der Waals surface area (Å²) in [6.07, 6.45) is 16.7. The van der Waals surface area contributed by atoms with Crippen LogP contribution in [0.2, 0.25) is 0 Å². The fourth-order valence-electron chi connectivity index (χ4n) is 2.98. The van der Waals surface area contributed by atoms with E-state index in [2.05, 4.69) is 6.92 Å². The van der Waals surface area contributed by atoms with Crippen LogP contribution >= 0.6 is 0 Å². The van der Waals surface area contributed by atoms with Crippen LogP contribution in [0.1, 0.15) is 84.0 Å². The summed E-state index contributed by atoms with van der Waals surface area (Å²) in [4.78, 5) is 0. The molecule has 0 aromatic heterocycles. The first kappa shape index (κ1) is 14.0. The number of unbranched alkanes of at least 4 members (excludes halogenated alkanes) is 5. The molecule has 1 nitrogen and oxygen atoms in total.